The Hall–Kier alpha value is -2.37. The molecule has 1 aromatic rings. The van der Waals surface area contributed by atoms with Crippen LogP contribution in [0.3, 0.4) is 0 Å². The summed E-state index contributed by atoms with van der Waals surface area (Å²) in [4.78, 5) is 0. The van der Waals surface area contributed by atoms with E-state index in [0.717, 1.165) is 24.0 Å². The minimum Gasteiger partial charge on any atom is -0.305 e. The molecule has 0 saturated heterocycles. The van der Waals surface area contributed by atoms with Crippen molar-refractivity contribution in [3.8, 4) is 0 Å². The summed E-state index contributed by atoms with van der Waals surface area (Å²) in [6.45, 7) is 0. The molecule has 3 rings (SSSR count). The van der Waals surface area contributed by atoms with Gasteiger partial charge in [-0.25, -0.2) is 8.78 Å². The van der Waals surface area contributed by atoms with E-state index in [9.17, 15) is 8.78 Å². The lowest BCUT2D eigenvalue weighted by molar-refractivity contribution is 0.183. The van der Waals surface area contributed by atoms with Crippen molar-refractivity contribution in [2.24, 2.45) is 22.1 Å². The number of halogens is 2. The van der Waals surface area contributed by atoms with Gasteiger partial charge in [0.25, 0.3) is 0 Å². The molecule has 0 aliphatic heterocycles. The first kappa shape index (κ1) is 16.5. The van der Waals surface area contributed by atoms with Crippen LogP contribution in [-0.2, 0) is 6.42 Å². The Bertz CT molecular complexity index is 724. The number of fused-ring (bicyclic) bond motifs is 1. The number of benzene rings is 1. The molecule has 24 heavy (non-hydrogen) atoms. The van der Waals surface area contributed by atoms with Gasteiger partial charge in [0.05, 0.1) is 0 Å². The van der Waals surface area contributed by atoms with Gasteiger partial charge in [-0.1, -0.05) is 35.1 Å². The molecule has 126 valence electrons. The molecule has 6 heteroatoms. The topological polar surface area (TPSA) is 74.6 Å². The van der Waals surface area contributed by atoms with Gasteiger partial charge in [-0.3, -0.25) is 5.41 Å². The van der Waals surface area contributed by atoms with Gasteiger partial charge < -0.3 is 5.84 Å². The second-order valence-corrected chi connectivity index (χ2v) is 6.33. The van der Waals surface area contributed by atoms with Gasteiger partial charge in [-0.2, -0.15) is 0 Å². The van der Waals surface area contributed by atoms with Crippen LogP contribution in [-0.4, -0.2) is 18.2 Å². The summed E-state index contributed by atoms with van der Waals surface area (Å²) < 4.78 is 26.7. The summed E-state index contributed by atoms with van der Waals surface area (Å²) in [5, 5.41) is 14.4. The Morgan fingerprint density at radius 3 is 2.92 bits per heavy atom. The molecule has 0 radical (unpaired) electrons. The maximum atomic E-state index is 13.5. The number of hydrogen-bond donors (Lipinski definition) is 2. The first-order valence-corrected chi connectivity index (χ1v) is 8.05. The second-order valence-electron chi connectivity index (χ2n) is 6.33. The zero-order valence-corrected chi connectivity index (χ0v) is 13.3. The van der Waals surface area contributed by atoms with Gasteiger partial charge in [0.1, 0.15) is 12.3 Å². The number of nitrogens with zero attached hydrogens (tertiary/aromatic N) is 2. The normalized spacial score (nSPS) is 26.2. The van der Waals surface area contributed by atoms with Crippen LogP contribution in [0, 0.1) is 11.3 Å². The van der Waals surface area contributed by atoms with Crippen LogP contribution >= 0.6 is 0 Å². The number of rotatable bonds is 3. The second kappa shape index (κ2) is 7.03. The molecule has 0 fully saturated rings. The van der Waals surface area contributed by atoms with Gasteiger partial charge in [0.15, 0.2) is 5.84 Å². The molecule has 4 nitrogen and oxygen atoms in total. The first-order valence-electron chi connectivity index (χ1n) is 8.05. The SMILES string of the molecule is N=C(N=NN)c1ccc2c(c1)C=CC(CC1=CC(F)C(F)CC1)C2. The summed E-state index contributed by atoms with van der Waals surface area (Å²) in [6.07, 6.45) is 5.31. The Labute approximate surface area is 139 Å². The predicted octanol–water partition coefficient (Wildman–Crippen LogP) is 4.31. The maximum absolute atomic E-state index is 13.5. The van der Waals surface area contributed by atoms with E-state index >= 15 is 0 Å². The van der Waals surface area contributed by atoms with Crippen LogP contribution in [0.2, 0.25) is 0 Å². The van der Waals surface area contributed by atoms with Crippen molar-refractivity contribution in [2.75, 3.05) is 0 Å². The van der Waals surface area contributed by atoms with Crippen molar-refractivity contribution in [1.29, 1.82) is 5.41 Å². The van der Waals surface area contributed by atoms with Crippen molar-refractivity contribution < 1.29 is 8.78 Å². The van der Waals surface area contributed by atoms with E-state index in [4.69, 9.17) is 11.3 Å². The van der Waals surface area contributed by atoms with Gasteiger partial charge in [0, 0.05) is 5.56 Å². The molecule has 2 aliphatic carbocycles. The lowest BCUT2D eigenvalue weighted by atomic mass is 9.82. The Balaban J connectivity index is 1.70. The number of nitrogens with two attached hydrogens (primary N) is 1. The molecule has 3 N–H and O–H groups in total. The zero-order chi connectivity index (χ0) is 17.1. The van der Waals surface area contributed by atoms with E-state index in [1.165, 1.54) is 11.6 Å². The van der Waals surface area contributed by atoms with Gasteiger partial charge in [0.2, 0.25) is 0 Å². The monoisotopic (exact) mass is 330 g/mol. The van der Waals surface area contributed by atoms with Crippen LogP contribution in [0.4, 0.5) is 8.78 Å². The molecular weight excluding hydrogens is 310 g/mol. The number of allylic oxidation sites excluding steroid dienone is 3. The molecule has 1 aromatic carbocycles. The summed E-state index contributed by atoms with van der Waals surface area (Å²) in [5.41, 5.74) is 3.90. The molecule has 0 saturated carbocycles. The quantitative estimate of drug-likeness (QED) is 0.213. The fourth-order valence-corrected chi connectivity index (χ4v) is 3.33. The Kier molecular flexibility index (Phi) is 4.83. The van der Waals surface area contributed by atoms with Crippen molar-refractivity contribution >= 4 is 11.9 Å². The molecule has 0 amide bonds. The third kappa shape index (κ3) is 3.58. The highest BCUT2D eigenvalue weighted by Gasteiger charge is 2.25. The molecule has 2 aliphatic rings. The van der Waals surface area contributed by atoms with Gasteiger partial charge >= 0.3 is 0 Å². The average molecular weight is 330 g/mol. The van der Waals surface area contributed by atoms with Crippen LogP contribution in [0.15, 0.2) is 46.3 Å². The Morgan fingerprint density at radius 2 is 2.17 bits per heavy atom. The number of amidine groups is 1. The number of nitrogens with one attached hydrogen (secondary N) is 1. The summed E-state index contributed by atoms with van der Waals surface area (Å²) in [6, 6.07) is 5.70. The van der Waals surface area contributed by atoms with Crippen LogP contribution in [0.5, 0.6) is 0 Å². The van der Waals surface area contributed by atoms with E-state index < -0.39 is 12.3 Å². The molecule has 0 bridgehead atoms. The third-order valence-electron chi connectivity index (χ3n) is 4.61. The summed E-state index contributed by atoms with van der Waals surface area (Å²) >= 11 is 0. The molecular formula is C18H20F2N4. The molecule has 0 aromatic heterocycles. The van der Waals surface area contributed by atoms with Crippen molar-refractivity contribution in [3.05, 3.63) is 52.6 Å². The molecule has 3 atom stereocenters. The smallest absolute Gasteiger partial charge is 0.176 e. The summed E-state index contributed by atoms with van der Waals surface area (Å²) in [5.74, 6) is 5.30. The highest BCUT2D eigenvalue weighted by atomic mass is 19.2. The lowest BCUT2D eigenvalue weighted by Gasteiger charge is -2.24. The highest BCUT2D eigenvalue weighted by Crippen LogP contribution is 2.32. The molecule has 0 heterocycles. The van der Waals surface area contributed by atoms with Crippen LogP contribution in [0.25, 0.3) is 6.08 Å². The van der Waals surface area contributed by atoms with E-state index in [0.29, 0.717) is 17.9 Å². The largest absolute Gasteiger partial charge is 0.305 e. The average Bonchev–Trinajstić information content (AvgIpc) is 2.58. The summed E-state index contributed by atoms with van der Waals surface area (Å²) in [7, 11) is 0. The van der Waals surface area contributed by atoms with E-state index in [-0.39, 0.29) is 12.3 Å². The van der Waals surface area contributed by atoms with E-state index in [1.807, 2.05) is 24.3 Å². The highest BCUT2D eigenvalue weighted by molar-refractivity contribution is 5.97. The fraction of sp³-hybridized carbons (Fsp3) is 0.389. The lowest BCUT2D eigenvalue weighted by Crippen LogP contribution is -2.21. The standard InChI is InChI=1S/C18H20F2N4/c19-16-6-2-12(9-17(16)20)7-11-1-3-14-10-15(18(21)23-24-22)5-4-13(14)8-11/h1,3-5,9-11,16-17H,2,6-8H2,(H3,21,22,23). The molecule has 3 unspecified atom stereocenters. The third-order valence-corrected chi connectivity index (χ3v) is 4.61. The maximum Gasteiger partial charge on any atom is 0.176 e. The van der Waals surface area contributed by atoms with Crippen LogP contribution < -0.4 is 5.84 Å². The Morgan fingerprint density at radius 1 is 1.33 bits per heavy atom. The van der Waals surface area contributed by atoms with E-state index in [1.54, 1.807) is 0 Å². The number of hydrogen-bond acceptors (Lipinski definition) is 2. The fourth-order valence-electron chi connectivity index (χ4n) is 3.33. The van der Waals surface area contributed by atoms with Crippen molar-refractivity contribution in [2.45, 2.75) is 38.0 Å². The van der Waals surface area contributed by atoms with Crippen molar-refractivity contribution in [3.63, 3.8) is 0 Å². The minimum atomic E-state index is -1.46. The van der Waals surface area contributed by atoms with Crippen molar-refractivity contribution in [1.82, 2.24) is 0 Å². The van der Waals surface area contributed by atoms with E-state index in [2.05, 4.69) is 16.4 Å². The first-order chi connectivity index (χ1) is 11.6. The number of alkyl halides is 2. The minimum absolute atomic E-state index is 0.0259. The zero-order valence-electron chi connectivity index (χ0n) is 13.3. The van der Waals surface area contributed by atoms with Gasteiger partial charge in [-0.15, -0.1) is 5.11 Å². The van der Waals surface area contributed by atoms with Crippen LogP contribution in [0.1, 0.15) is 36.0 Å². The molecule has 0 spiro atoms. The van der Waals surface area contributed by atoms with Gasteiger partial charge in [-0.05, 0) is 54.9 Å². The predicted molar refractivity (Wildman–Crippen MR) is 90.3 cm³/mol.